The number of carbonyl (C=O) groups excluding carboxylic acids is 3. The molecule has 0 unspecified atom stereocenters. The van der Waals surface area contributed by atoms with Gasteiger partial charge in [-0.2, -0.15) is 0 Å². The van der Waals surface area contributed by atoms with Crippen molar-refractivity contribution in [3.8, 4) is 0 Å². The maximum absolute atomic E-state index is 12.4. The van der Waals surface area contributed by atoms with Crippen molar-refractivity contribution in [1.29, 1.82) is 0 Å². The van der Waals surface area contributed by atoms with Gasteiger partial charge >= 0.3 is 0 Å². The maximum atomic E-state index is 12.4. The van der Waals surface area contributed by atoms with E-state index in [2.05, 4.69) is 5.32 Å². The van der Waals surface area contributed by atoms with Gasteiger partial charge in [0.05, 0.1) is 4.91 Å². The lowest BCUT2D eigenvalue weighted by atomic mass is 10.1. The summed E-state index contributed by atoms with van der Waals surface area (Å²) in [7, 11) is 0. The molecule has 28 heavy (non-hydrogen) atoms. The first-order chi connectivity index (χ1) is 13.5. The first kappa shape index (κ1) is 19.6. The average molecular weight is 392 g/mol. The summed E-state index contributed by atoms with van der Waals surface area (Å²) >= 11 is 0.842. The Balaban J connectivity index is 1.55. The Bertz CT molecular complexity index is 934. The molecule has 0 saturated carbocycles. The van der Waals surface area contributed by atoms with Gasteiger partial charge in [-0.05, 0) is 35.9 Å². The molecule has 0 aliphatic carbocycles. The number of nitrogens with one attached hydrogen (secondary N) is 1. The largest absolute Gasteiger partial charge is 0.350 e. The number of hydrogen-bond acceptors (Lipinski definition) is 4. The molecular formula is C22H20N2O3S. The van der Waals surface area contributed by atoms with Crippen molar-refractivity contribution in [2.45, 2.75) is 13.5 Å². The Morgan fingerprint density at radius 1 is 1.07 bits per heavy atom. The Morgan fingerprint density at radius 2 is 1.79 bits per heavy atom. The third kappa shape index (κ3) is 5.20. The zero-order valence-corrected chi connectivity index (χ0v) is 16.2. The maximum Gasteiger partial charge on any atom is 0.294 e. The molecule has 1 saturated heterocycles. The van der Waals surface area contributed by atoms with E-state index in [1.165, 1.54) is 0 Å². The molecule has 0 atom stereocenters. The lowest BCUT2D eigenvalue weighted by Gasteiger charge is -2.12. The summed E-state index contributed by atoms with van der Waals surface area (Å²) in [6, 6.07) is 17.4. The predicted octanol–water partition coefficient (Wildman–Crippen LogP) is 3.90. The average Bonchev–Trinajstić information content (AvgIpc) is 2.96. The van der Waals surface area contributed by atoms with Crippen molar-refractivity contribution in [3.63, 3.8) is 0 Å². The summed E-state index contributed by atoms with van der Waals surface area (Å²) in [6.45, 7) is 2.06. The number of hydrogen-bond donors (Lipinski definition) is 1. The molecule has 5 nitrogen and oxygen atoms in total. The second kappa shape index (κ2) is 9.19. The van der Waals surface area contributed by atoms with E-state index in [1.807, 2.05) is 67.6 Å². The lowest BCUT2D eigenvalue weighted by molar-refractivity contribution is -0.129. The summed E-state index contributed by atoms with van der Waals surface area (Å²) in [6.07, 6.45) is 5.17. The molecule has 2 aromatic rings. The van der Waals surface area contributed by atoms with Crippen molar-refractivity contribution < 1.29 is 14.4 Å². The van der Waals surface area contributed by atoms with E-state index in [1.54, 1.807) is 12.2 Å². The molecule has 3 rings (SSSR count). The number of imide groups is 1. The Kier molecular flexibility index (Phi) is 6.45. The topological polar surface area (TPSA) is 66.5 Å². The fraction of sp³-hybridized carbons (Fsp3) is 0.136. The summed E-state index contributed by atoms with van der Waals surface area (Å²) < 4.78 is 0. The molecule has 6 heteroatoms. The SMILES string of the molecule is Cc1ccc(CNC(=O)CN2C(=O)S/C(=C\C=C\c3ccccc3)C2=O)cc1. The summed E-state index contributed by atoms with van der Waals surface area (Å²) in [5, 5.41) is 2.30. The van der Waals surface area contributed by atoms with Crippen molar-refractivity contribution in [2.75, 3.05) is 6.54 Å². The van der Waals surface area contributed by atoms with Gasteiger partial charge in [0.15, 0.2) is 0 Å². The van der Waals surface area contributed by atoms with Gasteiger partial charge in [-0.1, -0.05) is 72.3 Å². The number of amides is 3. The molecule has 0 radical (unpaired) electrons. The van der Waals surface area contributed by atoms with Gasteiger partial charge in [0.1, 0.15) is 6.54 Å². The van der Waals surface area contributed by atoms with Gasteiger partial charge in [0.25, 0.3) is 11.1 Å². The van der Waals surface area contributed by atoms with Gasteiger partial charge in [-0.15, -0.1) is 0 Å². The van der Waals surface area contributed by atoms with E-state index in [0.717, 1.165) is 33.4 Å². The molecule has 3 amide bonds. The third-order valence-corrected chi connectivity index (χ3v) is 5.05. The number of thioether (sulfide) groups is 1. The number of rotatable bonds is 6. The number of carbonyl (C=O) groups is 3. The van der Waals surface area contributed by atoms with Crippen molar-refractivity contribution >= 4 is 34.9 Å². The van der Waals surface area contributed by atoms with Crippen LogP contribution in [0.5, 0.6) is 0 Å². The molecule has 2 aromatic carbocycles. The molecule has 1 heterocycles. The number of aryl methyl sites for hydroxylation is 1. The molecule has 1 aliphatic rings. The minimum absolute atomic E-state index is 0.281. The van der Waals surface area contributed by atoms with Gasteiger partial charge in [0.2, 0.25) is 5.91 Å². The Labute approximate surface area is 168 Å². The Hall–Kier alpha value is -3.12. The monoisotopic (exact) mass is 392 g/mol. The van der Waals surface area contributed by atoms with E-state index in [0.29, 0.717) is 11.4 Å². The minimum atomic E-state index is -0.446. The Morgan fingerprint density at radius 3 is 2.50 bits per heavy atom. The van der Waals surface area contributed by atoms with E-state index < -0.39 is 11.1 Å². The zero-order valence-electron chi connectivity index (χ0n) is 15.4. The van der Waals surface area contributed by atoms with Crippen LogP contribution >= 0.6 is 11.8 Å². The highest BCUT2D eigenvalue weighted by atomic mass is 32.2. The number of benzene rings is 2. The lowest BCUT2D eigenvalue weighted by Crippen LogP contribution is -2.39. The molecule has 1 aliphatic heterocycles. The summed E-state index contributed by atoms with van der Waals surface area (Å²) in [5.41, 5.74) is 3.09. The molecule has 1 fully saturated rings. The van der Waals surface area contributed by atoms with Crippen LogP contribution in [0.4, 0.5) is 4.79 Å². The van der Waals surface area contributed by atoms with Crippen LogP contribution in [0.25, 0.3) is 6.08 Å². The standard InChI is InChI=1S/C22H20N2O3S/c1-16-10-12-18(13-11-16)14-23-20(25)15-24-21(26)19(28-22(24)27)9-5-8-17-6-3-2-4-7-17/h2-13H,14-15H2,1H3,(H,23,25)/b8-5+,19-9-. The molecule has 0 bridgehead atoms. The van der Waals surface area contributed by atoms with Crippen LogP contribution in [-0.2, 0) is 16.1 Å². The van der Waals surface area contributed by atoms with Crippen molar-refractivity contribution in [1.82, 2.24) is 10.2 Å². The third-order valence-electron chi connectivity index (χ3n) is 4.12. The van der Waals surface area contributed by atoms with Crippen molar-refractivity contribution in [2.24, 2.45) is 0 Å². The van der Waals surface area contributed by atoms with E-state index in [4.69, 9.17) is 0 Å². The molecule has 1 N–H and O–H groups in total. The van der Waals surface area contributed by atoms with Crippen LogP contribution in [0.15, 0.2) is 71.7 Å². The van der Waals surface area contributed by atoms with Crippen LogP contribution in [-0.4, -0.2) is 28.5 Å². The predicted molar refractivity (Wildman–Crippen MR) is 111 cm³/mol. The first-order valence-electron chi connectivity index (χ1n) is 8.82. The number of nitrogens with zero attached hydrogens (tertiary/aromatic N) is 1. The molecule has 0 aromatic heterocycles. The summed E-state index contributed by atoms with van der Waals surface area (Å²) in [5.74, 6) is -0.817. The van der Waals surface area contributed by atoms with E-state index in [-0.39, 0.29) is 12.5 Å². The summed E-state index contributed by atoms with van der Waals surface area (Å²) in [4.78, 5) is 37.9. The van der Waals surface area contributed by atoms with Crippen LogP contribution in [0.1, 0.15) is 16.7 Å². The van der Waals surface area contributed by atoms with Crippen LogP contribution in [0.3, 0.4) is 0 Å². The highest BCUT2D eigenvalue weighted by Gasteiger charge is 2.35. The van der Waals surface area contributed by atoms with Crippen molar-refractivity contribution in [3.05, 3.63) is 88.3 Å². The smallest absolute Gasteiger partial charge is 0.294 e. The highest BCUT2D eigenvalue weighted by Crippen LogP contribution is 2.30. The minimum Gasteiger partial charge on any atom is -0.350 e. The fourth-order valence-corrected chi connectivity index (χ4v) is 3.36. The molecule has 142 valence electrons. The van der Waals surface area contributed by atoms with E-state index in [9.17, 15) is 14.4 Å². The second-order valence-electron chi connectivity index (χ2n) is 6.32. The zero-order chi connectivity index (χ0) is 19.9. The van der Waals surface area contributed by atoms with Crippen LogP contribution in [0, 0.1) is 6.92 Å². The van der Waals surface area contributed by atoms with Crippen LogP contribution < -0.4 is 5.32 Å². The number of allylic oxidation sites excluding steroid dienone is 2. The molecular weight excluding hydrogens is 372 g/mol. The molecule has 0 spiro atoms. The van der Waals surface area contributed by atoms with Gasteiger partial charge in [0, 0.05) is 6.54 Å². The first-order valence-corrected chi connectivity index (χ1v) is 9.64. The van der Waals surface area contributed by atoms with Crippen LogP contribution in [0.2, 0.25) is 0 Å². The normalized spacial score (nSPS) is 15.6. The highest BCUT2D eigenvalue weighted by molar-refractivity contribution is 8.18. The van der Waals surface area contributed by atoms with Gasteiger partial charge in [-0.25, -0.2) is 0 Å². The fourth-order valence-electron chi connectivity index (χ4n) is 2.57. The van der Waals surface area contributed by atoms with Gasteiger partial charge in [-0.3, -0.25) is 19.3 Å². The van der Waals surface area contributed by atoms with Gasteiger partial charge < -0.3 is 5.32 Å². The van der Waals surface area contributed by atoms with E-state index >= 15 is 0 Å². The second-order valence-corrected chi connectivity index (χ2v) is 7.32. The quantitative estimate of drug-likeness (QED) is 0.757.